The Morgan fingerprint density at radius 1 is 1.33 bits per heavy atom. The summed E-state index contributed by atoms with van der Waals surface area (Å²) in [6, 6.07) is 2.90. The Morgan fingerprint density at radius 2 is 1.94 bits per heavy atom. The van der Waals surface area contributed by atoms with Gasteiger partial charge >= 0.3 is 5.97 Å². The number of hydrogen-bond acceptors (Lipinski definition) is 1. The topological polar surface area (TPSA) is 37.3 Å². The van der Waals surface area contributed by atoms with E-state index in [9.17, 15) is 14.3 Å². The lowest BCUT2D eigenvalue weighted by atomic mass is 9.68. The highest BCUT2D eigenvalue weighted by molar-refractivity contribution is 6.32. The van der Waals surface area contributed by atoms with Gasteiger partial charge in [-0.1, -0.05) is 36.9 Å². The molecule has 0 bridgehead atoms. The van der Waals surface area contributed by atoms with Gasteiger partial charge in [-0.05, 0) is 37.0 Å². The van der Waals surface area contributed by atoms with Crippen LogP contribution in [0.1, 0.15) is 43.2 Å². The molecule has 0 unspecified atom stereocenters. The van der Waals surface area contributed by atoms with E-state index in [-0.39, 0.29) is 5.02 Å². The van der Waals surface area contributed by atoms with Crippen molar-refractivity contribution in [3.8, 4) is 0 Å². The molecule has 0 heterocycles. The first-order chi connectivity index (χ1) is 8.49. The molecular weight excluding hydrogens is 255 g/mol. The Morgan fingerprint density at radius 3 is 2.50 bits per heavy atom. The summed E-state index contributed by atoms with van der Waals surface area (Å²) in [6.07, 6.45) is 3.79. The number of hydrogen-bond donors (Lipinski definition) is 1. The van der Waals surface area contributed by atoms with E-state index in [1.807, 2.05) is 0 Å². The van der Waals surface area contributed by atoms with Gasteiger partial charge in [-0.3, -0.25) is 4.79 Å². The molecule has 1 saturated carbocycles. The maximum atomic E-state index is 13.6. The lowest BCUT2D eigenvalue weighted by Gasteiger charge is -2.35. The molecule has 1 N–H and O–H groups in total. The maximum Gasteiger partial charge on any atom is 0.314 e. The first-order valence-corrected chi connectivity index (χ1v) is 6.55. The number of carboxylic acid groups (broad SMARTS) is 1. The minimum absolute atomic E-state index is 0.0284. The van der Waals surface area contributed by atoms with Crippen molar-refractivity contribution >= 4 is 17.6 Å². The van der Waals surface area contributed by atoms with Crippen molar-refractivity contribution in [1.82, 2.24) is 0 Å². The van der Waals surface area contributed by atoms with Gasteiger partial charge in [-0.25, -0.2) is 4.39 Å². The van der Waals surface area contributed by atoms with Crippen molar-refractivity contribution in [3.63, 3.8) is 0 Å². The Labute approximate surface area is 111 Å². The predicted molar refractivity (Wildman–Crippen MR) is 68.5 cm³/mol. The van der Waals surface area contributed by atoms with Crippen LogP contribution in [0.2, 0.25) is 5.02 Å². The lowest BCUT2D eigenvalue weighted by Crippen LogP contribution is -2.39. The number of halogens is 2. The van der Waals surface area contributed by atoms with Gasteiger partial charge in [0.2, 0.25) is 0 Å². The van der Waals surface area contributed by atoms with Crippen molar-refractivity contribution in [2.75, 3.05) is 0 Å². The molecule has 1 aliphatic rings. The lowest BCUT2D eigenvalue weighted by molar-refractivity contribution is -0.145. The van der Waals surface area contributed by atoms with E-state index >= 15 is 0 Å². The van der Waals surface area contributed by atoms with Crippen LogP contribution < -0.4 is 0 Å². The number of aryl methyl sites for hydroxylation is 1. The molecule has 0 spiro atoms. The quantitative estimate of drug-likeness (QED) is 0.879. The Kier molecular flexibility index (Phi) is 3.62. The summed E-state index contributed by atoms with van der Waals surface area (Å²) in [5.74, 6) is -1.43. The van der Waals surface area contributed by atoms with Crippen LogP contribution in [-0.2, 0) is 10.2 Å². The zero-order valence-electron chi connectivity index (χ0n) is 10.3. The Balaban J connectivity index is 2.63. The molecule has 0 aromatic heterocycles. The van der Waals surface area contributed by atoms with Crippen LogP contribution in [0.3, 0.4) is 0 Å². The molecule has 0 saturated heterocycles. The molecule has 0 atom stereocenters. The fourth-order valence-corrected chi connectivity index (χ4v) is 3.35. The molecule has 1 aromatic carbocycles. The summed E-state index contributed by atoms with van der Waals surface area (Å²) in [5.41, 5.74) is 0.212. The van der Waals surface area contributed by atoms with E-state index < -0.39 is 17.2 Å². The molecule has 2 rings (SSSR count). The SMILES string of the molecule is Cc1ccc(F)c(Cl)c1C1(C(=O)O)CCCCC1. The first kappa shape index (κ1) is 13.3. The van der Waals surface area contributed by atoms with Crippen LogP contribution in [0.4, 0.5) is 4.39 Å². The van der Waals surface area contributed by atoms with Gasteiger partial charge < -0.3 is 5.11 Å². The van der Waals surface area contributed by atoms with Crippen molar-refractivity contribution in [1.29, 1.82) is 0 Å². The summed E-state index contributed by atoms with van der Waals surface area (Å²) in [7, 11) is 0. The fraction of sp³-hybridized carbons (Fsp3) is 0.500. The van der Waals surface area contributed by atoms with Crippen LogP contribution in [0.25, 0.3) is 0 Å². The third-order valence-electron chi connectivity index (χ3n) is 3.90. The van der Waals surface area contributed by atoms with E-state index in [1.54, 1.807) is 13.0 Å². The fourth-order valence-electron chi connectivity index (χ4n) is 2.96. The van der Waals surface area contributed by atoms with Gasteiger partial charge in [0.05, 0.1) is 10.4 Å². The number of carbonyl (C=O) groups is 1. The summed E-state index contributed by atoms with van der Waals surface area (Å²) in [4.78, 5) is 11.7. The molecule has 1 fully saturated rings. The number of carboxylic acids is 1. The average molecular weight is 271 g/mol. The Bertz CT molecular complexity index is 479. The van der Waals surface area contributed by atoms with E-state index in [0.29, 0.717) is 18.4 Å². The monoisotopic (exact) mass is 270 g/mol. The van der Waals surface area contributed by atoms with Crippen LogP contribution in [0.15, 0.2) is 12.1 Å². The molecule has 2 nitrogen and oxygen atoms in total. The minimum atomic E-state index is -1.01. The largest absolute Gasteiger partial charge is 0.481 e. The molecular formula is C14H16ClFO2. The smallest absolute Gasteiger partial charge is 0.314 e. The zero-order valence-corrected chi connectivity index (χ0v) is 11.1. The van der Waals surface area contributed by atoms with Crippen LogP contribution in [0, 0.1) is 12.7 Å². The number of rotatable bonds is 2. The number of benzene rings is 1. The molecule has 18 heavy (non-hydrogen) atoms. The van der Waals surface area contributed by atoms with Gasteiger partial charge in [0, 0.05) is 0 Å². The number of aliphatic carboxylic acids is 1. The van der Waals surface area contributed by atoms with E-state index in [4.69, 9.17) is 11.6 Å². The molecule has 4 heteroatoms. The van der Waals surface area contributed by atoms with Gasteiger partial charge in [0.1, 0.15) is 5.82 Å². The summed E-state index contributed by atoms with van der Waals surface area (Å²) in [5, 5.41) is 9.57. The second-order valence-corrected chi connectivity index (χ2v) is 5.38. The predicted octanol–water partition coefficient (Wildman–Crippen LogP) is 4.07. The van der Waals surface area contributed by atoms with Crippen molar-refractivity contribution in [3.05, 3.63) is 34.1 Å². The molecule has 1 aliphatic carbocycles. The van der Waals surface area contributed by atoms with E-state index in [0.717, 1.165) is 24.8 Å². The van der Waals surface area contributed by atoms with Gasteiger partial charge in [-0.2, -0.15) is 0 Å². The van der Waals surface area contributed by atoms with E-state index in [1.165, 1.54) is 6.07 Å². The standard InChI is InChI=1S/C14H16ClFO2/c1-9-5-6-10(16)12(15)11(9)14(13(17)18)7-3-2-4-8-14/h5-6H,2-4,7-8H2,1H3,(H,17,18). The molecule has 1 aromatic rings. The summed E-state index contributed by atoms with van der Waals surface area (Å²) >= 11 is 6.03. The van der Waals surface area contributed by atoms with Crippen LogP contribution in [0.5, 0.6) is 0 Å². The van der Waals surface area contributed by atoms with Crippen LogP contribution >= 0.6 is 11.6 Å². The molecule has 0 aliphatic heterocycles. The van der Waals surface area contributed by atoms with Crippen molar-refractivity contribution in [2.45, 2.75) is 44.4 Å². The third-order valence-corrected chi connectivity index (χ3v) is 4.27. The highest BCUT2D eigenvalue weighted by atomic mass is 35.5. The zero-order chi connectivity index (χ0) is 13.3. The average Bonchev–Trinajstić information content (AvgIpc) is 2.35. The molecule has 98 valence electrons. The highest BCUT2D eigenvalue weighted by Gasteiger charge is 2.44. The minimum Gasteiger partial charge on any atom is -0.481 e. The molecule has 0 amide bonds. The second-order valence-electron chi connectivity index (χ2n) is 5.00. The second kappa shape index (κ2) is 4.88. The first-order valence-electron chi connectivity index (χ1n) is 6.17. The molecule has 0 radical (unpaired) electrons. The normalized spacial score (nSPS) is 18.6. The summed E-state index contributed by atoms with van der Waals surface area (Å²) < 4.78 is 13.6. The Hall–Kier alpha value is -1.09. The third kappa shape index (κ3) is 2.01. The summed E-state index contributed by atoms with van der Waals surface area (Å²) in [6.45, 7) is 1.79. The van der Waals surface area contributed by atoms with Gasteiger partial charge in [0.25, 0.3) is 0 Å². The van der Waals surface area contributed by atoms with Crippen molar-refractivity contribution < 1.29 is 14.3 Å². The van der Waals surface area contributed by atoms with Crippen molar-refractivity contribution in [2.24, 2.45) is 0 Å². The highest BCUT2D eigenvalue weighted by Crippen LogP contribution is 2.44. The van der Waals surface area contributed by atoms with Gasteiger partial charge in [0.15, 0.2) is 0 Å². The van der Waals surface area contributed by atoms with Crippen LogP contribution in [-0.4, -0.2) is 11.1 Å². The van der Waals surface area contributed by atoms with Gasteiger partial charge in [-0.15, -0.1) is 0 Å². The maximum absolute atomic E-state index is 13.6. The van der Waals surface area contributed by atoms with E-state index in [2.05, 4.69) is 0 Å².